The van der Waals surface area contributed by atoms with Gasteiger partial charge in [-0.25, -0.2) is 4.98 Å². The largest absolute Gasteiger partial charge is 0.340 e. The Labute approximate surface area is 192 Å². The molecule has 0 fully saturated rings. The first-order valence-corrected chi connectivity index (χ1v) is 10.6. The molecule has 3 N–H and O–H groups in total. The van der Waals surface area contributed by atoms with Crippen molar-refractivity contribution in [2.45, 2.75) is 33.9 Å². The molecule has 0 saturated heterocycles. The van der Waals surface area contributed by atoms with E-state index < -0.39 is 0 Å². The van der Waals surface area contributed by atoms with E-state index in [4.69, 9.17) is 0 Å². The Hall–Kier alpha value is -4.20. The maximum absolute atomic E-state index is 11.8. The molecule has 2 amide bonds. The SMILES string of the molecule is C=CC(=O)Nc1cccc(Nc2nc(Nc3ccc4c(c3C)CN(C(C)=O)C4)ncc2C)c1. The normalized spacial score (nSPS) is 12.2. The summed E-state index contributed by atoms with van der Waals surface area (Å²) in [7, 11) is 0. The Bertz CT molecular complexity index is 1250. The number of nitrogens with zero attached hydrogens (tertiary/aromatic N) is 3. The molecule has 1 aliphatic heterocycles. The van der Waals surface area contributed by atoms with Gasteiger partial charge in [0.2, 0.25) is 17.8 Å². The van der Waals surface area contributed by atoms with E-state index >= 15 is 0 Å². The topological polar surface area (TPSA) is 99.2 Å². The Morgan fingerprint density at radius 1 is 1.09 bits per heavy atom. The second-order valence-corrected chi connectivity index (χ2v) is 8.00. The van der Waals surface area contributed by atoms with Crippen LogP contribution < -0.4 is 16.0 Å². The molecule has 0 radical (unpaired) electrons. The minimum Gasteiger partial charge on any atom is -0.340 e. The number of rotatable bonds is 6. The van der Waals surface area contributed by atoms with Crippen LogP contribution in [0, 0.1) is 13.8 Å². The number of benzene rings is 2. The maximum Gasteiger partial charge on any atom is 0.247 e. The van der Waals surface area contributed by atoms with Gasteiger partial charge in [-0.15, -0.1) is 0 Å². The van der Waals surface area contributed by atoms with Crippen molar-refractivity contribution in [3.63, 3.8) is 0 Å². The Kier molecular flexibility index (Phi) is 6.08. The van der Waals surface area contributed by atoms with Crippen molar-refractivity contribution in [3.05, 3.63) is 77.5 Å². The predicted molar refractivity (Wildman–Crippen MR) is 130 cm³/mol. The van der Waals surface area contributed by atoms with Crippen molar-refractivity contribution in [2.75, 3.05) is 16.0 Å². The van der Waals surface area contributed by atoms with Gasteiger partial charge in [-0.3, -0.25) is 9.59 Å². The van der Waals surface area contributed by atoms with Gasteiger partial charge in [0.25, 0.3) is 0 Å². The Morgan fingerprint density at radius 3 is 2.64 bits per heavy atom. The number of carbonyl (C=O) groups is 2. The molecule has 0 aliphatic carbocycles. The molecule has 33 heavy (non-hydrogen) atoms. The van der Waals surface area contributed by atoms with Crippen LogP contribution in [0.25, 0.3) is 0 Å². The molecule has 2 heterocycles. The van der Waals surface area contributed by atoms with Crippen LogP contribution in [-0.4, -0.2) is 26.7 Å². The van der Waals surface area contributed by atoms with E-state index in [1.807, 2.05) is 49.1 Å². The average molecular weight is 443 g/mol. The van der Waals surface area contributed by atoms with E-state index in [2.05, 4.69) is 32.5 Å². The molecule has 0 atom stereocenters. The minimum atomic E-state index is -0.270. The van der Waals surface area contributed by atoms with Gasteiger partial charge >= 0.3 is 0 Å². The molecule has 2 aromatic carbocycles. The number of aryl methyl sites for hydroxylation is 1. The first kappa shape index (κ1) is 22.0. The highest BCUT2D eigenvalue weighted by Gasteiger charge is 2.23. The highest BCUT2D eigenvalue weighted by molar-refractivity contribution is 5.99. The van der Waals surface area contributed by atoms with E-state index in [1.54, 1.807) is 19.2 Å². The zero-order valence-electron chi connectivity index (χ0n) is 18.9. The Balaban J connectivity index is 1.54. The summed E-state index contributed by atoms with van der Waals surface area (Å²) in [5, 5.41) is 9.35. The molecule has 168 valence electrons. The molecule has 4 rings (SSSR count). The van der Waals surface area contributed by atoms with E-state index in [0.29, 0.717) is 30.5 Å². The molecule has 1 aliphatic rings. The summed E-state index contributed by atoms with van der Waals surface area (Å²) in [5.41, 5.74) is 6.64. The van der Waals surface area contributed by atoms with Gasteiger partial charge in [0.15, 0.2) is 0 Å². The second-order valence-electron chi connectivity index (χ2n) is 8.00. The fraction of sp³-hybridized carbons (Fsp3) is 0.200. The molecule has 3 aromatic rings. The zero-order valence-corrected chi connectivity index (χ0v) is 18.9. The number of hydrogen-bond acceptors (Lipinski definition) is 6. The van der Waals surface area contributed by atoms with Gasteiger partial charge in [-0.1, -0.05) is 18.7 Å². The minimum absolute atomic E-state index is 0.0748. The number of amides is 2. The molecule has 0 saturated carbocycles. The number of fused-ring (bicyclic) bond motifs is 1. The van der Waals surface area contributed by atoms with Crippen LogP contribution in [0.1, 0.15) is 29.2 Å². The van der Waals surface area contributed by atoms with Crippen LogP contribution in [-0.2, 0) is 22.7 Å². The lowest BCUT2D eigenvalue weighted by Crippen LogP contribution is -2.21. The van der Waals surface area contributed by atoms with E-state index in [0.717, 1.165) is 22.5 Å². The van der Waals surface area contributed by atoms with E-state index in [9.17, 15) is 9.59 Å². The van der Waals surface area contributed by atoms with Crippen molar-refractivity contribution in [3.8, 4) is 0 Å². The standard InChI is InChI=1S/C25H26N6O2/c1-5-23(33)27-19-7-6-8-20(11-19)28-24-15(2)12-26-25(30-24)29-22-10-9-18-13-31(17(4)32)14-21(18)16(22)3/h5-12H,1,13-14H2,2-4H3,(H,27,33)(H2,26,28,29,30). The number of aromatic nitrogens is 2. The fourth-order valence-electron chi connectivity index (χ4n) is 3.75. The van der Waals surface area contributed by atoms with Crippen molar-refractivity contribution in [1.82, 2.24) is 14.9 Å². The highest BCUT2D eigenvalue weighted by Crippen LogP contribution is 2.32. The van der Waals surface area contributed by atoms with E-state index in [1.165, 1.54) is 17.2 Å². The summed E-state index contributed by atoms with van der Waals surface area (Å²) in [6.45, 7) is 10.3. The van der Waals surface area contributed by atoms with Gasteiger partial charge in [0.1, 0.15) is 5.82 Å². The molecule has 0 bridgehead atoms. The average Bonchev–Trinajstić information content (AvgIpc) is 3.24. The lowest BCUT2D eigenvalue weighted by Gasteiger charge is -2.14. The third-order valence-electron chi connectivity index (χ3n) is 5.65. The summed E-state index contributed by atoms with van der Waals surface area (Å²) >= 11 is 0. The monoisotopic (exact) mass is 442 g/mol. The molecule has 8 heteroatoms. The quantitative estimate of drug-likeness (QED) is 0.484. The van der Waals surface area contributed by atoms with Crippen LogP contribution in [0.5, 0.6) is 0 Å². The Morgan fingerprint density at radius 2 is 1.88 bits per heavy atom. The molecule has 0 unspecified atom stereocenters. The van der Waals surface area contributed by atoms with Crippen molar-refractivity contribution >= 4 is 40.6 Å². The molecular formula is C25H26N6O2. The summed E-state index contributed by atoms with van der Waals surface area (Å²) in [4.78, 5) is 34.2. The molecule has 1 aromatic heterocycles. The molecular weight excluding hydrogens is 416 g/mol. The van der Waals surface area contributed by atoms with Gasteiger partial charge < -0.3 is 20.9 Å². The van der Waals surface area contributed by atoms with Crippen molar-refractivity contribution in [2.24, 2.45) is 0 Å². The van der Waals surface area contributed by atoms with Crippen molar-refractivity contribution in [1.29, 1.82) is 0 Å². The van der Waals surface area contributed by atoms with Crippen LogP contribution >= 0.6 is 0 Å². The van der Waals surface area contributed by atoms with Crippen molar-refractivity contribution < 1.29 is 9.59 Å². The highest BCUT2D eigenvalue weighted by atomic mass is 16.2. The van der Waals surface area contributed by atoms with Gasteiger partial charge in [0.05, 0.1) is 0 Å². The molecule has 8 nitrogen and oxygen atoms in total. The maximum atomic E-state index is 11.8. The smallest absolute Gasteiger partial charge is 0.247 e. The lowest BCUT2D eigenvalue weighted by atomic mass is 10.0. The zero-order chi connectivity index (χ0) is 23.5. The van der Waals surface area contributed by atoms with E-state index in [-0.39, 0.29) is 11.8 Å². The summed E-state index contributed by atoms with van der Waals surface area (Å²) in [5.74, 6) is 0.920. The summed E-state index contributed by atoms with van der Waals surface area (Å²) < 4.78 is 0. The third-order valence-corrected chi connectivity index (χ3v) is 5.65. The first-order chi connectivity index (χ1) is 15.8. The fourth-order valence-corrected chi connectivity index (χ4v) is 3.75. The summed E-state index contributed by atoms with van der Waals surface area (Å²) in [6, 6.07) is 11.4. The van der Waals surface area contributed by atoms with Gasteiger partial charge in [-0.05, 0) is 60.9 Å². The van der Waals surface area contributed by atoms with Crippen LogP contribution in [0.15, 0.2) is 55.3 Å². The van der Waals surface area contributed by atoms with Gasteiger partial charge in [0, 0.05) is 48.8 Å². The lowest BCUT2D eigenvalue weighted by molar-refractivity contribution is -0.129. The number of anilines is 5. The van der Waals surface area contributed by atoms with Crippen LogP contribution in [0.4, 0.5) is 28.8 Å². The third kappa shape index (κ3) is 4.85. The van der Waals surface area contributed by atoms with Crippen LogP contribution in [0.3, 0.4) is 0 Å². The predicted octanol–water partition coefficient (Wildman–Crippen LogP) is 4.57. The van der Waals surface area contributed by atoms with Crippen LogP contribution in [0.2, 0.25) is 0 Å². The number of hydrogen-bond donors (Lipinski definition) is 3. The van der Waals surface area contributed by atoms with Gasteiger partial charge in [-0.2, -0.15) is 4.98 Å². The number of nitrogens with one attached hydrogen (secondary N) is 3. The molecule has 0 spiro atoms. The first-order valence-electron chi connectivity index (χ1n) is 10.6. The second kappa shape index (κ2) is 9.12. The summed E-state index contributed by atoms with van der Waals surface area (Å²) in [6.07, 6.45) is 2.98. The number of carbonyl (C=O) groups excluding carboxylic acids is 2.